The fourth-order valence-electron chi connectivity index (χ4n) is 2.59. The van der Waals surface area contributed by atoms with Crippen LogP contribution in [-0.2, 0) is 0 Å². The van der Waals surface area contributed by atoms with Crippen molar-refractivity contribution in [2.45, 2.75) is 20.8 Å². The van der Waals surface area contributed by atoms with Gasteiger partial charge in [0.15, 0.2) is 11.5 Å². The Hall–Kier alpha value is -2.82. The average molecular weight is 326 g/mol. The summed E-state index contributed by atoms with van der Waals surface area (Å²) in [5.74, 6) is 0.762. The van der Waals surface area contributed by atoms with E-state index in [1.807, 2.05) is 13.8 Å². The molecule has 0 saturated carbocycles. The molecule has 0 atom stereocenters. The van der Waals surface area contributed by atoms with Crippen LogP contribution in [0.3, 0.4) is 0 Å². The first kappa shape index (κ1) is 17.5. The summed E-state index contributed by atoms with van der Waals surface area (Å²) in [6, 6.07) is 9.14. The summed E-state index contributed by atoms with van der Waals surface area (Å²) in [6.07, 6.45) is 1.67. The highest BCUT2D eigenvalue weighted by molar-refractivity contribution is 5.95. The number of aryl methyl sites for hydroxylation is 3. The molecular weight excluding hydrogens is 304 g/mol. The van der Waals surface area contributed by atoms with Gasteiger partial charge in [0.05, 0.1) is 20.4 Å². The molecule has 1 N–H and O–H groups in total. The summed E-state index contributed by atoms with van der Waals surface area (Å²) in [7, 11) is 3.08. The zero-order valence-electron chi connectivity index (χ0n) is 14.6. The third-order valence-electron chi connectivity index (χ3n) is 3.74. The molecule has 0 fully saturated rings. The molecule has 2 rings (SSSR count). The van der Waals surface area contributed by atoms with Gasteiger partial charge in [-0.2, -0.15) is 5.10 Å². The third-order valence-corrected chi connectivity index (χ3v) is 3.74. The van der Waals surface area contributed by atoms with E-state index in [1.165, 1.54) is 12.7 Å². The van der Waals surface area contributed by atoms with Crippen LogP contribution in [-0.4, -0.2) is 26.3 Å². The van der Waals surface area contributed by atoms with Crippen molar-refractivity contribution in [2.24, 2.45) is 5.10 Å². The molecule has 0 heterocycles. The van der Waals surface area contributed by atoms with Crippen LogP contribution in [0.4, 0.5) is 0 Å². The van der Waals surface area contributed by atoms with E-state index >= 15 is 0 Å². The predicted molar refractivity (Wildman–Crippen MR) is 95.3 cm³/mol. The van der Waals surface area contributed by atoms with Crippen molar-refractivity contribution in [1.29, 1.82) is 0 Å². The topological polar surface area (TPSA) is 59.9 Å². The molecule has 1 amide bonds. The lowest BCUT2D eigenvalue weighted by Gasteiger charge is -2.09. The molecule has 5 heteroatoms. The number of benzene rings is 2. The van der Waals surface area contributed by atoms with E-state index < -0.39 is 0 Å². The molecule has 2 aromatic rings. The molecule has 0 aromatic heterocycles. The van der Waals surface area contributed by atoms with Gasteiger partial charge < -0.3 is 9.47 Å². The number of amides is 1. The average Bonchev–Trinajstić information content (AvgIpc) is 2.56. The van der Waals surface area contributed by atoms with E-state index in [-0.39, 0.29) is 5.91 Å². The molecule has 24 heavy (non-hydrogen) atoms. The Morgan fingerprint density at radius 1 is 1.00 bits per heavy atom. The molecule has 0 aliphatic rings. The smallest absolute Gasteiger partial charge is 0.271 e. The second-order valence-corrected chi connectivity index (χ2v) is 5.58. The normalized spacial score (nSPS) is 10.7. The third kappa shape index (κ3) is 3.93. The largest absolute Gasteiger partial charge is 0.493 e. The summed E-state index contributed by atoms with van der Waals surface area (Å²) in [5.41, 5.74) is 7.44. The van der Waals surface area contributed by atoms with Crippen molar-refractivity contribution in [3.05, 3.63) is 58.1 Å². The molecule has 2 aromatic carbocycles. The van der Waals surface area contributed by atoms with Gasteiger partial charge in [-0.1, -0.05) is 17.7 Å². The summed E-state index contributed by atoms with van der Waals surface area (Å²) >= 11 is 0. The molecule has 0 aliphatic heterocycles. The minimum absolute atomic E-state index is 0.311. The minimum atomic E-state index is -0.311. The maximum atomic E-state index is 12.2. The first-order chi connectivity index (χ1) is 11.5. The number of carbonyl (C=O) groups excluding carboxylic acids is 1. The summed E-state index contributed by atoms with van der Waals surface area (Å²) in [6.45, 7) is 6.11. The number of carbonyl (C=O) groups is 1. The van der Waals surface area contributed by atoms with E-state index in [9.17, 15) is 4.79 Å². The number of ether oxygens (including phenoxy) is 2. The second-order valence-electron chi connectivity index (χ2n) is 5.58. The van der Waals surface area contributed by atoms with Gasteiger partial charge >= 0.3 is 0 Å². The molecule has 0 unspecified atom stereocenters. The van der Waals surface area contributed by atoms with Crippen LogP contribution >= 0.6 is 0 Å². The van der Waals surface area contributed by atoms with Gasteiger partial charge in [-0.25, -0.2) is 5.43 Å². The van der Waals surface area contributed by atoms with Crippen LogP contribution in [0.2, 0.25) is 0 Å². The van der Waals surface area contributed by atoms with Gasteiger partial charge in [0.1, 0.15) is 0 Å². The second kappa shape index (κ2) is 7.64. The highest BCUT2D eigenvalue weighted by Crippen LogP contribution is 2.27. The van der Waals surface area contributed by atoms with Gasteiger partial charge in [0.25, 0.3) is 5.91 Å². The first-order valence-electron chi connectivity index (χ1n) is 7.59. The van der Waals surface area contributed by atoms with Crippen LogP contribution in [0, 0.1) is 20.8 Å². The number of hydrazone groups is 1. The highest BCUT2D eigenvalue weighted by Gasteiger charge is 2.10. The Morgan fingerprint density at radius 3 is 2.21 bits per heavy atom. The number of nitrogens with one attached hydrogen (secondary N) is 1. The van der Waals surface area contributed by atoms with Crippen LogP contribution < -0.4 is 14.9 Å². The Labute approximate surface area is 142 Å². The predicted octanol–water partition coefficient (Wildman–Crippen LogP) is 3.39. The van der Waals surface area contributed by atoms with Crippen LogP contribution in [0.15, 0.2) is 35.4 Å². The van der Waals surface area contributed by atoms with Gasteiger partial charge in [-0.15, -0.1) is 0 Å². The van der Waals surface area contributed by atoms with Crippen molar-refractivity contribution in [3.63, 3.8) is 0 Å². The fraction of sp³-hybridized carbons (Fsp3) is 0.263. The minimum Gasteiger partial charge on any atom is -0.493 e. The number of methoxy groups -OCH3 is 2. The van der Waals surface area contributed by atoms with Crippen molar-refractivity contribution < 1.29 is 14.3 Å². The van der Waals surface area contributed by atoms with Crippen molar-refractivity contribution >= 4 is 12.1 Å². The van der Waals surface area contributed by atoms with E-state index in [1.54, 1.807) is 31.5 Å². The summed E-state index contributed by atoms with van der Waals surface area (Å²) < 4.78 is 10.4. The number of hydrogen-bond donors (Lipinski definition) is 1. The maximum absolute atomic E-state index is 12.2. The Kier molecular flexibility index (Phi) is 5.58. The molecule has 5 nitrogen and oxygen atoms in total. The quantitative estimate of drug-likeness (QED) is 0.677. The number of rotatable bonds is 5. The molecular formula is C19H22N2O3. The monoisotopic (exact) mass is 326 g/mol. The molecule has 0 saturated heterocycles. The van der Waals surface area contributed by atoms with E-state index in [0.29, 0.717) is 17.1 Å². The Balaban J connectivity index is 2.14. The number of nitrogens with zero attached hydrogens (tertiary/aromatic N) is 1. The van der Waals surface area contributed by atoms with Crippen molar-refractivity contribution in [1.82, 2.24) is 5.43 Å². The maximum Gasteiger partial charge on any atom is 0.271 e. The van der Waals surface area contributed by atoms with E-state index in [2.05, 4.69) is 29.6 Å². The summed E-state index contributed by atoms with van der Waals surface area (Å²) in [5, 5.41) is 4.07. The van der Waals surface area contributed by atoms with Crippen molar-refractivity contribution in [2.75, 3.05) is 14.2 Å². The molecule has 0 spiro atoms. The summed E-state index contributed by atoms with van der Waals surface area (Å²) in [4.78, 5) is 12.2. The lowest BCUT2D eigenvalue weighted by atomic mass is 10.0. The SMILES string of the molecule is COc1ccc(C(=O)N/N=C\c2c(C)cc(C)cc2C)cc1OC. The zero-order chi connectivity index (χ0) is 17.7. The van der Waals surface area contributed by atoms with Crippen molar-refractivity contribution in [3.8, 4) is 11.5 Å². The fourth-order valence-corrected chi connectivity index (χ4v) is 2.59. The van der Waals surface area contributed by atoms with Gasteiger partial charge in [0, 0.05) is 11.1 Å². The Morgan fingerprint density at radius 2 is 1.62 bits per heavy atom. The Bertz CT molecular complexity index is 759. The van der Waals surface area contributed by atoms with E-state index in [0.717, 1.165) is 16.7 Å². The van der Waals surface area contributed by atoms with Gasteiger partial charge in [-0.05, 0) is 50.1 Å². The van der Waals surface area contributed by atoms with Crippen LogP contribution in [0.1, 0.15) is 32.6 Å². The zero-order valence-corrected chi connectivity index (χ0v) is 14.6. The lowest BCUT2D eigenvalue weighted by molar-refractivity contribution is 0.0954. The lowest BCUT2D eigenvalue weighted by Crippen LogP contribution is -2.17. The molecule has 0 bridgehead atoms. The van der Waals surface area contributed by atoms with Crippen LogP contribution in [0.5, 0.6) is 11.5 Å². The highest BCUT2D eigenvalue weighted by atomic mass is 16.5. The number of hydrogen-bond acceptors (Lipinski definition) is 4. The van der Waals surface area contributed by atoms with E-state index in [4.69, 9.17) is 9.47 Å². The molecule has 0 aliphatic carbocycles. The molecule has 0 radical (unpaired) electrons. The standard InChI is InChI=1S/C19H22N2O3/c1-12-8-13(2)16(14(3)9-12)11-20-21-19(22)15-6-7-17(23-4)18(10-15)24-5/h6-11H,1-5H3,(H,21,22)/b20-11-. The van der Waals surface area contributed by atoms with Crippen LogP contribution in [0.25, 0.3) is 0 Å². The van der Waals surface area contributed by atoms with Gasteiger partial charge in [0.2, 0.25) is 0 Å². The van der Waals surface area contributed by atoms with Gasteiger partial charge in [-0.3, -0.25) is 4.79 Å². The molecule has 126 valence electrons. The first-order valence-corrected chi connectivity index (χ1v) is 7.59.